The van der Waals surface area contributed by atoms with Crippen LogP contribution in [-0.4, -0.2) is 65.8 Å². The lowest BCUT2D eigenvalue weighted by Gasteiger charge is -2.36. The molecule has 0 aromatic rings. The van der Waals surface area contributed by atoms with E-state index in [0.29, 0.717) is 19.0 Å². The SMILES string of the molecule is O=C1CN(C[C@H](O)C(F)(F)F)CCN1CC1CCCC1. The topological polar surface area (TPSA) is 43.8 Å². The van der Waals surface area contributed by atoms with Crippen LogP contribution in [0.4, 0.5) is 13.2 Å². The van der Waals surface area contributed by atoms with Gasteiger partial charge in [-0.1, -0.05) is 12.8 Å². The normalized spacial score (nSPS) is 24.4. The number of piperazine rings is 1. The van der Waals surface area contributed by atoms with Crippen LogP contribution >= 0.6 is 0 Å². The molecule has 2 aliphatic rings. The van der Waals surface area contributed by atoms with E-state index in [1.807, 2.05) is 0 Å². The number of alkyl halides is 3. The maximum Gasteiger partial charge on any atom is 0.415 e. The zero-order valence-corrected chi connectivity index (χ0v) is 11.4. The molecule has 1 aliphatic carbocycles. The molecule has 7 heteroatoms. The zero-order chi connectivity index (χ0) is 14.8. The van der Waals surface area contributed by atoms with Crippen molar-refractivity contribution in [3.05, 3.63) is 0 Å². The Kier molecular flexibility index (Phi) is 4.90. The lowest BCUT2D eigenvalue weighted by molar-refractivity contribution is -0.209. The van der Waals surface area contributed by atoms with Crippen LogP contribution in [0.1, 0.15) is 25.7 Å². The van der Waals surface area contributed by atoms with Crippen LogP contribution in [0.15, 0.2) is 0 Å². The molecule has 0 radical (unpaired) electrons. The summed E-state index contributed by atoms with van der Waals surface area (Å²) < 4.78 is 36.8. The largest absolute Gasteiger partial charge is 0.415 e. The van der Waals surface area contributed by atoms with Gasteiger partial charge in [-0.05, 0) is 18.8 Å². The predicted octanol–water partition coefficient (Wildman–Crippen LogP) is 1.24. The molecule has 2 rings (SSSR count). The average molecular weight is 294 g/mol. The van der Waals surface area contributed by atoms with Gasteiger partial charge in [-0.3, -0.25) is 9.69 Å². The number of rotatable bonds is 4. The molecule has 0 unspecified atom stereocenters. The quantitative estimate of drug-likeness (QED) is 0.848. The summed E-state index contributed by atoms with van der Waals surface area (Å²) in [7, 11) is 0. The first kappa shape index (κ1) is 15.6. The van der Waals surface area contributed by atoms with Crippen molar-refractivity contribution < 1.29 is 23.1 Å². The Morgan fingerprint density at radius 2 is 1.90 bits per heavy atom. The Hall–Kier alpha value is -0.820. The highest BCUT2D eigenvalue weighted by Crippen LogP contribution is 2.26. The van der Waals surface area contributed by atoms with Crippen molar-refractivity contribution in [3.8, 4) is 0 Å². The highest BCUT2D eigenvalue weighted by molar-refractivity contribution is 5.79. The minimum Gasteiger partial charge on any atom is -0.382 e. The number of carbonyl (C=O) groups excluding carboxylic acids is 1. The number of hydrogen-bond acceptors (Lipinski definition) is 3. The van der Waals surface area contributed by atoms with E-state index in [4.69, 9.17) is 5.11 Å². The van der Waals surface area contributed by atoms with E-state index in [2.05, 4.69) is 0 Å². The predicted molar refractivity (Wildman–Crippen MR) is 67.0 cm³/mol. The second-order valence-corrected chi connectivity index (χ2v) is 5.78. The lowest BCUT2D eigenvalue weighted by atomic mass is 10.1. The molecule has 1 saturated carbocycles. The van der Waals surface area contributed by atoms with Crippen LogP contribution in [0.3, 0.4) is 0 Å². The first-order valence-corrected chi connectivity index (χ1v) is 7.11. The van der Waals surface area contributed by atoms with Gasteiger partial charge in [-0.25, -0.2) is 0 Å². The summed E-state index contributed by atoms with van der Waals surface area (Å²) in [5, 5.41) is 9.03. The molecule has 1 saturated heterocycles. The molecule has 1 N–H and O–H groups in total. The molecule has 1 aliphatic heterocycles. The molecule has 116 valence electrons. The summed E-state index contributed by atoms with van der Waals surface area (Å²) in [5.74, 6) is 0.420. The molecule has 0 bridgehead atoms. The van der Waals surface area contributed by atoms with Gasteiger partial charge < -0.3 is 10.0 Å². The molecule has 0 aromatic heterocycles. The smallest absolute Gasteiger partial charge is 0.382 e. The third-order valence-electron chi connectivity index (χ3n) is 4.16. The van der Waals surface area contributed by atoms with Crippen LogP contribution in [0.25, 0.3) is 0 Å². The number of amides is 1. The summed E-state index contributed by atoms with van der Waals surface area (Å²) >= 11 is 0. The fourth-order valence-electron chi connectivity index (χ4n) is 2.96. The number of aliphatic hydroxyl groups is 1. The van der Waals surface area contributed by atoms with E-state index in [9.17, 15) is 18.0 Å². The molecule has 2 fully saturated rings. The van der Waals surface area contributed by atoms with Crippen molar-refractivity contribution in [2.24, 2.45) is 5.92 Å². The fourth-order valence-corrected chi connectivity index (χ4v) is 2.96. The lowest BCUT2D eigenvalue weighted by Crippen LogP contribution is -2.54. The van der Waals surface area contributed by atoms with Crippen LogP contribution in [0.5, 0.6) is 0 Å². The van der Waals surface area contributed by atoms with E-state index >= 15 is 0 Å². The van der Waals surface area contributed by atoms with Crippen molar-refractivity contribution in [3.63, 3.8) is 0 Å². The van der Waals surface area contributed by atoms with Crippen LogP contribution in [-0.2, 0) is 4.79 Å². The minimum atomic E-state index is -4.62. The Balaban J connectivity index is 1.78. The van der Waals surface area contributed by atoms with Gasteiger partial charge in [0.05, 0.1) is 6.54 Å². The van der Waals surface area contributed by atoms with Gasteiger partial charge in [0, 0.05) is 26.2 Å². The highest BCUT2D eigenvalue weighted by Gasteiger charge is 2.40. The average Bonchev–Trinajstić information content (AvgIpc) is 2.84. The summed E-state index contributed by atoms with van der Waals surface area (Å²) in [5.41, 5.74) is 0. The van der Waals surface area contributed by atoms with Crippen LogP contribution in [0.2, 0.25) is 0 Å². The fraction of sp³-hybridized carbons (Fsp3) is 0.923. The highest BCUT2D eigenvalue weighted by atomic mass is 19.4. The number of carbonyl (C=O) groups is 1. The van der Waals surface area contributed by atoms with Gasteiger partial charge in [-0.2, -0.15) is 13.2 Å². The molecule has 0 spiro atoms. The number of β-amino-alcohol motifs (C(OH)–C–C–N with tert-alkyl or cyclic N) is 1. The van der Waals surface area contributed by atoms with Crippen molar-refractivity contribution in [1.82, 2.24) is 9.80 Å². The number of nitrogens with zero attached hydrogens (tertiary/aromatic N) is 2. The van der Waals surface area contributed by atoms with Gasteiger partial charge in [0.15, 0.2) is 6.10 Å². The summed E-state index contributed by atoms with van der Waals surface area (Å²) in [6.07, 6.45) is -2.31. The van der Waals surface area contributed by atoms with Gasteiger partial charge in [0.1, 0.15) is 0 Å². The van der Waals surface area contributed by atoms with Gasteiger partial charge in [0.2, 0.25) is 5.91 Å². The minimum absolute atomic E-state index is 0.0279. The van der Waals surface area contributed by atoms with Gasteiger partial charge >= 0.3 is 6.18 Å². The van der Waals surface area contributed by atoms with Crippen LogP contribution < -0.4 is 0 Å². The van der Waals surface area contributed by atoms with Crippen molar-refractivity contribution in [1.29, 1.82) is 0 Å². The second kappa shape index (κ2) is 6.30. The summed E-state index contributed by atoms with van der Waals surface area (Å²) in [4.78, 5) is 15.1. The van der Waals surface area contributed by atoms with Crippen molar-refractivity contribution in [2.45, 2.75) is 38.0 Å². The first-order valence-electron chi connectivity index (χ1n) is 7.11. The molecular weight excluding hydrogens is 273 g/mol. The van der Waals surface area contributed by atoms with Crippen LogP contribution in [0, 0.1) is 5.92 Å². The standard InChI is InChI=1S/C13H21F3N2O2/c14-13(15,16)11(19)8-17-5-6-18(12(20)9-17)7-10-3-1-2-4-10/h10-11,19H,1-9H2/t11-/m0/s1. The molecule has 20 heavy (non-hydrogen) atoms. The number of hydrogen-bond donors (Lipinski definition) is 1. The van der Waals surface area contributed by atoms with E-state index in [-0.39, 0.29) is 12.5 Å². The molecule has 1 atom stereocenters. The Morgan fingerprint density at radius 1 is 1.25 bits per heavy atom. The molecule has 0 aromatic carbocycles. The monoisotopic (exact) mass is 294 g/mol. The maximum absolute atomic E-state index is 12.3. The molecule has 1 amide bonds. The van der Waals surface area contributed by atoms with Gasteiger partial charge in [0.25, 0.3) is 0 Å². The first-order chi connectivity index (χ1) is 9.36. The summed E-state index contributed by atoms with van der Waals surface area (Å²) in [6, 6.07) is 0. The Labute approximate surface area is 116 Å². The van der Waals surface area contributed by atoms with E-state index < -0.39 is 18.8 Å². The molecule has 1 heterocycles. The van der Waals surface area contributed by atoms with E-state index in [1.54, 1.807) is 4.90 Å². The maximum atomic E-state index is 12.3. The third-order valence-corrected chi connectivity index (χ3v) is 4.16. The van der Waals surface area contributed by atoms with Gasteiger partial charge in [-0.15, -0.1) is 0 Å². The second-order valence-electron chi connectivity index (χ2n) is 5.78. The van der Waals surface area contributed by atoms with E-state index in [0.717, 1.165) is 19.4 Å². The third kappa shape index (κ3) is 4.09. The van der Waals surface area contributed by atoms with E-state index in [1.165, 1.54) is 17.7 Å². The van der Waals surface area contributed by atoms with Crippen molar-refractivity contribution in [2.75, 3.05) is 32.7 Å². The van der Waals surface area contributed by atoms with Crippen molar-refractivity contribution >= 4 is 5.91 Å². The zero-order valence-electron chi connectivity index (χ0n) is 11.4. The molecular formula is C13H21F3N2O2. The Bertz CT molecular complexity index is 343. The Morgan fingerprint density at radius 3 is 2.45 bits per heavy atom. The molecule has 4 nitrogen and oxygen atoms in total. The number of halogens is 3. The summed E-state index contributed by atoms with van der Waals surface area (Å²) in [6.45, 7) is 1.03. The number of aliphatic hydroxyl groups excluding tert-OH is 1.